The van der Waals surface area contributed by atoms with E-state index in [2.05, 4.69) is 41.9 Å². The minimum absolute atomic E-state index is 0.203. The topological polar surface area (TPSA) is 18.5 Å². The van der Waals surface area contributed by atoms with E-state index in [0.717, 1.165) is 5.75 Å². The minimum atomic E-state index is -0.212. The van der Waals surface area contributed by atoms with Crippen molar-refractivity contribution in [1.29, 1.82) is 0 Å². The van der Waals surface area contributed by atoms with Crippen molar-refractivity contribution in [2.75, 3.05) is 6.61 Å². The zero-order valence-electron chi connectivity index (χ0n) is 10.8. The third-order valence-electron chi connectivity index (χ3n) is 2.97. The van der Waals surface area contributed by atoms with E-state index in [4.69, 9.17) is 9.47 Å². The van der Waals surface area contributed by atoms with Crippen molar-refractivity contribution in [1.82, 2.24) is 0 Å². The van der Waals surface area contributed by atoms with Gasteiger partial charge in [-0.3, -0.25) is 0 Å². The average molecular weight is 299 g/mol. The Bertz CT molecular complexity index is 413. The fraction of sp³-hybridized carbons (Fsp3) is 0.571. The van der Waals surface area contributed by atoms with E-state index in [1.165, 1.54) is 11.1 Å². The van der Waals surface area contributed by atoms with Gasteiger partial charge in [-0.2, -0.15) is 0 Å². The second-order valence-corrected chi connectivity index (χ2v) is 6.31. The number of hydrogen-bond donors (Lipinski definition) is 0. The van der Waals surface area contributed by atoms with Gasteiger partial charge in [0, 0.05) is 0 Å². The van der Waals surface area contributed by atoms with Gasteiger partial charge in [-0.05, 0) is 51.0 Å². The highest BCUT2D eigenvalue weighted by Crippen LogP contribution is 2.41. The van der Waals surface area contributed by atoms with Crippen LogP contribution in [-0.2, 0) is 10.3 Å². The molecule has 0 saturated heterocycles. The molecule has 0 spiro atoms. The molecule has 0 unspecified atom stereocenters. The third-order valence-corrected chi connectivity index (χ3v) is 3.73. The molecule has 0 N–H and O–H groups in total. The summed E-state index contributed by atoms with van der Waals surface area (Å²) in [6.07, 6.45) is 0.203. The summed E-state index contributed by atoms with van der Waals surface area (Å²) in [4.78, 5) is 0.251. The van der Waals surface area contributed by atoms with Crippen LogP contribution in [0.1, 0.15) is 43.6 Å². The number of benzene rings is 1. The molecule has 1 aromatic rings. The van der Waals surface area contributed by atoms with Gasteiger partial charge in [0.15, 0.2) is 0 Å². The third kappa shape index (κ3) is 2.66. The molecule has 1 heterocycles. The van der Waals surface area contributed by atoms with E-state index in [1.807, 2.05) is 19.9 Å². The average Bonchev–Trinajstić information content (AvgIpc) is 2.23. The van der Waals surface area contributed by atoms with E-state index in [0.29, 0.717) is 6.61 Å². The lowest BCUT2D eigenvalue weighted by molar-refractivity contribution is -0.0320. The fourth-order valence-electron chi connectivity index (χ4n) is 2.14. The first-order valence-electron chi connectivity index (χ1n) is 5.99. The van der Waals surface area contributed by atoms with E-state index in [1.54, 1.807) is 0 Å². The molecule has 1 aliphatic heterocycles. The van der Waals surface area contributed by atoms with Crippen molar-refractivity contribution in [3.8, 4) is 5.75 Å². The molecule has 94 valence electrons. The molecule has 0 saturated carbocycles. The molecule has 2 rings (SSSR count). The van der Waals surface area contributed by atoms with Crippen LogP contribution in [0.25, 0.3) is 0 Å². The summed E-state index contributed by atoms with van der Waals surface area (Å²) in [7, 11) is 0. The first-order chi connectivity index (χ1) is 7.90. The normalized spacial score (nSPS) is 22.4. The first kappa shape index (κ1) is 12.9. The summed E-state index contributed by atoms with van der Waals surface area (Å²) < 4.78 is 11.6. The van der Waals surface area contributed by atoms with Gasteiger partial charge in [-0.25, -0.2) is 0 Å². The molecule has 0 aliphatic carbocycles. The van der Waals surface area contributed by atoms with E-state index in [9.17, 15) is 0 Å². The maximum atomic E-state index is 5.84. The van der Waals surface area contributed by atoms with Crippen LogP contribution < -0.4 is 4.74 Å². The van der Waals surface area contributed by atoms with Crippen LogP contribution >= 0.6 is 15.9 Å². The molecular weight excluding hydrogens is 280 g/mol. The van der Waals surface area contributed by atoms with Crippen LogP contribution in [0, 0.1) is 0 Å². The van der Waals surface area contributed by atoms with Crippen LogP contribution in [0.4, 0.5) is 0 Å². The van der Waals surface area contributed by atoms with Crippen molar-refractivity contribution in [3.05, 3.63) is 29.3 Å². The lowest BCUT2D eigenvalue weighted by Gasteiger charge is -2.35. The van der Waals surface area contributed by atoms with Gasteiger partial charge in [0.2, 0.25) is 0 Å². The number of alkyl halides is 1. The van der Waals surface area contributed by atoms with E-state index < -0.39 is 0 Å². The van der Waals surface area contributed by atoms with Crippen molar-refractivity contribution in [2.45, 2.75) is 44.2 Å². The van der Waals surface area contributed by atoms with Gasteiger partial charge < -0.3 is 9.47 Å². The monoisotopic (exact) mass is 298 g/mol. The highest BCUT2D eigenvalue weighted by molar-refractivity contribution is 9.09. The maximum absolute atomic E-state index is 5.84. The van der Waals surface area contributed by atoms with Crippen LogP contribution in [0.3, 0.4) is 0 Å². The maximum Gasteiger partial charge on any atom is 0.120 e. The molecule has 2 nitrogen and oxygen atoms in total. The summed E-state index contributed by atoms with van der Waals surface area (Å²) in [5, 5.41) is 0. The van der Waals surface area contributed by atoms with Crippen LogP contribution in [0.2, 0.25) is 0 Å². The highest BCUT2D eigenvalue weighted by Gasteiger charge is 2.32. The molecule has 1 aromatic carbocycles. The largest absolute Gasteiger partial charge is 0.491 e. The van der Waals surface area contributed by atoms with Crippen molar-refractivity contribution in [2.24, 2.45) is 0 Å². The summed E-state index contributed by atoms with van der Waals surface area (Å²) in [5.74, 6) is 0.931. The second-order valence-electron chi connectivity index (χ2n) is 5.20. The molecule has 1 atom stereocenters. The Kier molecular flexibility index (Phi) is 3.50. The van der Waals surface area contributed by atoms with Crippen LogP contribution in [0.15, 0.2) is 18.2 Å². The Labute approximate surface area is 111 Å². The standard InChI is InChI=1S/C14H19BrO2/c1-9(2)17-10-5-6-12-11(7-10)13(15)8-16-14(12,3)4/h5-7,9,13H,8H2,1-4H3/t13-/m1/s1. The van der Waals surface area contributed by atoms with Gasteiger partial charge in [-0.1, -0.05) is 22.0 Å². The van der Waals surface area contributed by atoms with Gasteiger partial charge in [0.05, 0.1) is 23.1 Å². The van der Waals surface area contributed by atoms with Gasteiger partial charge >= 0.3 is 0 Å². The molecule has 0 aromatic heterocycles. The second kappa shape index (κ2) is 4.62. The van der Waals surface area contributed by atoms with Crippen molar-refractivity contribution >= 4 is 15.9 Å². The van der Waals surface area contributed by atoms with Gasteiger partial charge in [0.1, 0.15) is 5.75 Å². The zero-order valence-corrected chi connectivity index (χ0v) is 12.4. The Morgan fingerprint density at radius 3 is 2.76 bits per heavy atom. The molecule has 17 heavy (non-hydrogen) atoms. The number of halogens is 1. The number of fused-ring (bicyclic) bond motifs is 1. The zero-order chi connectivity index (χ0) is 12.6. The number of ether oxygens (including phenoxy) is 2. The molecule has 1 aliphatic rings. The fourth-order valence-corrected chi connectivity index (χ4v) is 2.65. The number of hydrogen-bond acceptors (Lipinski definition) is 2. The van der Waals surface area contributed by atoms with Crippen LogP contribution in [0.5, 0.6) is 5.75 Å². The minimum Gasteiger partial charge on any atom is -0.491 e. The van der Waals surface area contributed by atoms with Gasteiger partial charge in [-0.15, -0.1) is 0 Å². The SMILES string of the molecule is CC(C)Oc1ccc2c(c1)[C@H](Br)COC2(C)C. The van der Waals surface area contributed by atoms with Crippen LogP contribution in [-0.4, -0.2) is 12.7 Å². The Morgan fingerprint density at radius 1 is 1.41 bits per heavy atom. The predicted octanol–water partition coefficient (Wildman–Crippen LogP) is 4.18. The van der Waals surface area contributed by atoms with Crippen molar-refractivity contribution in [3.63, 3.8) is 0 Å². The Hall–Kier alpha value is -0.540. The summed E-state index contributed by atoms with van der Waals surface area (Å²) in [6, 6.07) is 6.26. The summed E-state index contributed by atoms with van der Waals surface area (Å²) in [5.41, 5.74) is 2.30. The Morgan fingerprint density at radius 2 is 2.12 bits per heavy atom. The lowest BCUT2D eigenvalue weighted by atomic mass is 9.89. The predicted molar refractivity (Wildman–Crippen MR) is 72.9 cm³/mol. The molecule has 0 bridgehead atoms. The lowest BCUT2D eigenvalue weighted by Crippen LogP contribution is -2.30. The quantitative estimate of drug-likeness (QED) is 0.763. The Balaban J connectivity index is 2.39. The molecule has 0 fully saturated rings. The van der Waals surface area contributed by atoms with Gasteiger partial charge in [0.25, 0.3) is 0 Å². The van der Waals surface area contributed by atoms with E-state index in [-0.39, 0.29) is 16.5 Å². The number of rotatable bonds is 2. The smallest absolute Gasteiger partial charge is 0.120 e. The summed E-state index contributed by atoms with van der Waals surface area (Å²) in [6.45, 7) is 8.99. The van der Waals surface area contributed by atoms with Crippen molar-refractivity contribution < 1.29 is 9.47 Å². The van der Waals surface area contributed by atoms with E-state index >= 15 is 0 Å². The molecular formula is C14H19BrO2. The summed E-state index contributed by atoms with van der Waals surface area (Å²) >= 11 is 3.66. The molecule has 0 radical (unpaired) electrons. The highest BCUT2D eigenvalue weighted by atomic mass is 79.9. The first-order valence-corrected chi connectivity index (χ1v) is 6.91. The molecule has 0 amide bonds. The molecule has 3 heteroatoms.